The van der Waals surface area contributed by atoms with Crippen LogP contribution in [0, 0.1) is 0 Å². The number of nitrogens with one attached hydrogen (secondary N) is 1. The second-order valence-electron chi connectivity index (χ2n) is 12.9. The van der Waals surface area contributed by atoms with Gasteiger partial charge in [-0.3, -0.25) is 0 Å². The number of fused-ring (bicyclic) bond motifs is 5. The van der Waals surface area contributed by atoms with E-state index in [1.165, 1.54) is 60.9 Å². The molecule has 5 nitrogen and oxygen atoms in total. The molecule has 1 unspecified atom stereocenters. The lowest BCUT2D eigenvalue weighted by molar-refractivity contribution is 0.795. The van der Waals surface area contributed by atoms with Gasteiger partial charge in [0.05, 0.1) is 17.3 Å². The number of hydrogen-bond acceptors (Lipinski definition) is 4. The van der Waals surface area contributed by atoms with Crippen LogP contribution >= 0.6 is 0 Å². The topological polar surface area (TPSA) is 95.0 Å². The van der Waals surface area contributed by atoms with Gasteiger partial charge in [-0.2, -0.15) is 0 Å². The van der Waals surface area contributed by atoms with Crippen LogP contribution in [-0.4, -0.2) is 17.2 Å². The average Bonchev–Trinajstić information content (AvgIpc) is 3.51. The maximum absolute atomic E-state index is 6.29. The molecule has 1 aliphatic heterocycles. The van der Waals surface area contributed by atoms with Crippen LogP contribution in [0.15, 0.2) is 156 Å². The van der Waals surface area contributed by atoms with Crippen molar-refractivity contribution < 1.29 is 0 Å². The summed E-state index contributed by atoms with van der Waals surface area (Å²) in [6.07, 6.45) is 23.4. The van der Waals surface area contributed by atoms with Crippen LogP contribution in [0.1, 0.15) is 64.3 Å². The third-order valence-electron chi connectivity index (χ3n) is 9.81. The summed E-state index contributed by atoms with van der Waals surface area (Å²) in [6, 6.07) is 22.3. The number of rotatable bonds is 10. The third kappa shape index (κ3) is 7.95. The number of dihydropyridines is 1. The van der Waals surface area contributed by atoms with E-state index in [-0.39, 0.29) is 6.04 Å². The number of aryl methyl sites for hydroxylation is 1. The smallest absolute Gasteiger partial charge is 0.0664 e. The van der Waals surface area contributed by atoms with Gasteiger partial charge in [0.1, 0.15) is 0 Å². The van der Waals surface area contributed by atoms with Crippen molar-refractivity contribution >= 4 is 33.4 Å². The van der Waals surface area contributed by atoms with Crippen molar-refractivity contribution in [3.8, 4) is 5.69 Å². The first kappa shape index (κ1) is 36.8. The molecule has 1 atom stereocenters. The molecule has 262 valence electrons. The maximum Gasteiger partial charge on any atom is 0.0664 e. The molecule has 2 aliphatic rings. The summed E-state index contributed by atoms with van der Waals surface area (Å²) in [7, 11) is 0. The highest BCUT2D eigenvalue weighted by atomic mass is 15.0. The highest BCUT2D eigenvalue weighted by molar-refractivity contribution is 6.10. The minimum Gasteiger partial charge on any atom is -0.405 e. The number of nitrogens with two attached hydrogens (primary N) is 3. The lowest BCUT2D eigenvalue weighted by Gasteiger charge is -2.24. The lowest BCUT2D eigenvalue weighted by Crippen LogP contribution is -2.29. The van der Waals surface area contributed by atoms with Crippen molar-refractivity contribution in [3.05, 3.63) is 172 Å². The molecule has 0 amide bonds. The Kier molecular flexibility index (Phi) is 12.2. The van der Waals surface area contributed by atoms with Gasteiger partial charge in [0, 0.05) is 34.4 Å². The molecule has 51 heavy (non-hydrogen) atoms. The number of para-hydroxylation sites is 1. The Morgan fingerprint density at radius 3 is 2.51 bits per heavy atom. The Hall–Kier alpha value is -5.52. The van der Waals surface area contributed by atoms with Gasteiger partial charge in [0.15, 0.2) is 0 Å². The van der Waals surface area contributed by atoms with E-state index in [4.69, 9.17) is 17.2 Å². The van der Waals surface area contributed by atoms with E-state index in [1.807, 2.05) is 45.1 Å². The number of allylic oxidation sites excluding steroid dienone is 9. The highest BCUT2D eigenvalue weighted by Gasteiger charge is 2.23. The molecule has 1 aliphatic carbocycles. The largest absolute Gasteiger partial charge is 0.405 e. The fraction of sp³-hybridized carbons (Fsp3) is 0.217. The number of benzene rings is 3. The Bertz CT molecular complexity index is 2160. The maximum atomic E-state index is 6.29. The van der Waals surface area contributed by atoms with Crippen molar-refractivity contribution in [1.29, 1.82) is 0 Å². The summed E-state index contributed by atoms with van der Waals surface area (Å²) < 4.78 is 2.46. The van der Waals surface area contributed by atoms with Crippen molar-refractivity contribution in [1.82, 2.24) is 9.88 Å². The van der Waals surface area contributed by atoms with Crippen LogP contribution in [0.25, 0.3) is 39.1 Å². The minimum absolute atomic E-state index is 0.114. The summed E-state index contributed by atoms with van der Waals surface area (Å²) in [5.74, 6) is 0. The van der Waals surface area contributed by atoms with Crippen LogP contribution in [0.2, 0.25) is 0 Å². The summed E-state index contributed by atoms with van der Waals surface area (Å²) >= 11 is 0. The fourth-order valence-corrected chi connectivity index (χ4v) is 6.83. The van der Waals surface area contributed by atoms with Gasteiger partial charge >= 0.3 is 0 Å². The summed E-state index contributed by atoms with van der Waals surface area (Å²) in [6.45, 7) is 14.8. The lowest BCUT2D eigenvalue weighted by atomic mass is 9.92. The molecule has 0 radical (unpaired) electrons. The zero-order chi connectivity index (χ0) is 36.5. The Morgan fingerprint density at radius 1 is 1.00 bits per heavy atom. The van der Waals surface area contributed by atoms with E-state index >= 15 is 0 Å². The van der Waals surface area contributed by atoms with Crippen molar-refractivity contribution in [2.45, 2.75) is 59.9 Å². The normalized spacial score (nSPS) is 16.8. The Balaban J connectivity index is 0.00000248. The fourth-order valence-electron chi connectivity index (χ4n) is 6.83. The standard InChI is InChI=1S/C44H47N5.C2H6/c1-29(23-25-45)31(3)40(47)14-9-8-11-33-17-20-38-39-22-18-34-28-35(42-16-10-15-41(48-42)32(4)30(2)24-26-46)19-21-37(34)44(39)49(43(38)27-33)36-12-6-5-7-13-36;1-2/h5-10,12-16,18-19,21-24,26-28,41,48H,3,11,17,20,25,45-47H2,1-2,4H3;1-2H3/b9-8-,26-24-,29-23-,32-30+,40-14-;. The number of nitrogens with zero attached hydrogens (tertiary/aromatic N) is 1. The summed E-state index contributed by atoms with van der Waals surface area (Å²) in [5.41, 5.74) is 31.3. The molecule has 1 aromatic heterocycles. The molecule has 0 fully saturated rings. The minimum atomic E-state index is 0.114. The first-order chi connectivity index (χ1) is 24.8. The molecule has 0 saturated carbocycles. The molecule has 6 rings (SSSR count). The monoisotopic (exact) mass is 675 g/mol. The molecule has 2 heterocycles. The van der Waals surface area contributed by atoms with E-state index in [0.29, 0.717) is 12.2 Å². The SMILES string of the molecule is C=C(/C(C)=C\CN)/C(N)=C/C=C\CC1=Cc2c(c3ccc4cc(C5=CC=CC(/C(C)=C(C)/C=C\N)N5)ccc4c3n2-c2ccccc2)CC1.CC. The van der Waals surface area contributed by atoms with Gasteiger partial charge in [-0.05, 0) is 128 Å². The Labute approximate surface area is 304 Å². The summed E-state index contributed by atoms with van der Waals surface area (Å²) in [5, 5.41) is 7.52. The van der Waals surface area contributed by atoms with Gasteiger partial charge < -0.3 is 27.1 Å². The van der Waals surface area contributed by atoms with Gasteiger partial charge in [-0.15, -0.1) is 0 Å². The van der Waals surface area contributed by atoms with Crippen molar-refractivity contribution in [2.75, 3.05) is 6.54 Å². The van der Waals surface area contributed by atoms with E-state index in [1.54, 1.807) is 6.20 Å². The van der Waals surface area contributed by atoms with Crippen LogP contribution in [0.5, 0.6) is 0 Å². The number of hydrogen-bond donors (Lipinski definition) is 4. The van der Waals surface area contributed by atoms with Crippen LogP contribution in [-0.2, 0) is 6.42 Å². The first-order valence-electron chi connectivity index (χ1n) is 18.1. The van der Waals surface area contributed by atoms with Crippen molar-refractivity contribution in [3.63, 3.8) is 0 Å². The molecule has 0 bridgehead atoms. The average molecular weight is 676 g/mol. The first-order valence-corrected chi connectivity index (χ1v) is 18.1. The summed E-state index contributed by atoms with van der Waals surface area (Å²) in [4.78, 5) is 0. The van der Waals surface area contributed by atoms with E-state index in [2.05, 4.69) is 121 Å². The number of aromatic nitrogens is 1. The van der Waals surface area contributed by atoms with Crippen LogP contribution in [0.3, 0.4) is 0 Å². The zero-order valence-electron chi connectivity index (χ0n) is 30.8. The predicted octanol–water partition coefficient (Wildman–Crippen LogP) is 10.1. The van der Waals surface area contributed by atoms with Crippen molar-refractivity contribution in [2.24, 2.45) is 17.2 Å². The quantitative estimate of drug-likeness (QED) is 0.126. The molecule has 7 N–H and O–H groups in total. The molecule has 3 aromatic carbocycles. The second-order valence-corrected chi connectivity index (χ2v) is 12.9. The molecule has 4 aromatic rings. The zero-order valence-corrected chi connectivity index (χ0v) is 30.8. The molecular formula is C46H53N5. The van der Waals surface area contributed by atoms with Gasteiger partial charge in [-0.1, -0.05) is 98.8 Å². The van der Waals surface area contributed by atoms with Gasteiger partial charge in [0.2, 0.25) is 0 Å². The molecule has 0 spiro atoms. The van der Waals surface area contributed by atoms with Crippen LogP contribution < -0.4 is 22.5 Å². The molecular weight excluding hydrogens is 623 g/mol. The Morgan fingerprint density at radius 2 is 1.76 bits per heavy atom. The van der Waals surface area contributed by atoms with E-state index < -0.39 is 0 Å². The second kappa shape index (κ2) is 16.9. The van der Waals surface area contributed by atoms with E-state index in [9.17, 15) is 0 Å². The third-order valence-corrected chi connectivity index (χ3v) is 9.81. The van der Waals surface area contributed by atoms with Gasteiger partial charge in [0.25, 0.3) is 0 Å². The predicted molar refractivity (Wildman–Crippen MR) is 222 cm³/mol. The van der Waals surface area contributed by atoms with Gasteiger partial charge in [-0.25, -0.2) is 0 Å². The molecule has 0 saturated heterocycles. The van der Waals surface area contributed by atoms with E-state index in [0.717, 1.165) is 36.1 Å². The van der Waals surface area contributed by atoms with Crippen LogP contribution in [0.4, 0.5) is 0 Å². The highest BCUT2D eigenvalue weighted by Crippen LogP contribution is 2.40. The molecule has 5 heteroatoms.